The van der Waals surface area contributed by atoms with Gasteiger partial charge in [0.15, 0.2) is 5.96 Å². The van der Waals surface area contributed by atoms with Crippen LogP contribution in [0.15, 0.2) is 29.3 Å². The van der Waals surface area contributed by atoms with Gasteiger partial charge in [-0.05, 0) is 69.1 Å². The van der Waals surface area contributed by atoms with Crippen molar-refractivity contribution in [2.24, 2.45) is 10.9 Å². The molecule has 2 atom stereocenters. The molecule has 5 nitrogen and oxygen atoms in total. The summed E-state index contributed by atoms with van der Waals surface area (Å²) in [6.45, 7) is 4.64. The first-order valence-corrected chi connectivity index (χ1v) is 12.2. The number of benzene rings is 1. The molecule has 0 amide bonds. The third-order valence-electron chi connectivity index (χ3n) is 6.37. The molecule has 0 aliphatic carbocycles. The number of hydrogen-bond donors (Lipinski definition) is 2. The summed E-state index contributed by atoms with van der Waals surface area (Å²) in [5, 5.41) is 7.98. The Kier molecular flexibility index (Phi) is 11.0. The minimum atomic E-state index is 0. The van der Waals surface area contributed by atoms with Crippen molar-refractivity contribution in [3.05, 3.63) is 34.9 Å². The number of ether oxygens (including phenoxy) is 1. The van der Waals surface area contributed by atoms with Gasteiger partial charge in [0.25, 0.3) is 0 Å². The van der Waals surface area contributed by atoms with E-state index in [0.717, 1.165) is 56.7 Å². The smallest absolute Gasteiger partial charge is 0.191 e. The molecule has 2 aliphatic heterocycles. The van der Waals surface area contributed by atoms with Crippen molar-refractivity contribution >= 4 is 53.3 Å². The van der Waals surface area contributed by atoms with Crippen molar-refractivity contribution in [2.45, 2.75) is 36.5 Å². The average molecular weight is 567 g/mol. The van der Waals surface area contributed by atoms with Gasteiger partial charge >= 0.3 is 0 Å². The molecule has 8 heteroatoms. The largest absolute Gasteiger partial charge is 0.381 e. The summed E-state index contributed by atoms with van der Waals surface area (Å²) in [7, 11) is 4.07. The minimum absolute atomic E-state index is 0. The summed E-state index contributed by atoms with van der Waals surface area (Å²) in [6.07, 6.45) is 6.81. The number of hydrogen-bond acceptors (Lipinski definition) is 4. The SMILES string of the molecule is CN=C(NCC1CCCN(C)C1c1cccc(Cl)c1)NCC1(SC)CCOCC1.I. The molecule has 30 heavy (non-hydrogen) atoms. The number of thioether (sulfide) groups is 1. The van der Waals surface area contributed by atoms with Crippen LogP contribution in [0.3, 0.4) is 0 Å². The first-order valence-electron chi connectivity index (χ1n) is 10.6. The van der Waals surface area contributed by atoms with Crippen LogP contribution in [-0.2, 0) is 4.74 Å². The van der Waals surface area contributed by atoms with Crippen molar-refractivity contribution in [2.75, 3.05) is 53.2 Å². The lowest BCUT2D eigenvalue weighted by molar-refractivity contribution is 0.0782. The van der Waals surface area contributed by atoms with Crippen LogP contribution >= 0.6 is 47.3 Å². The highest BCUT2D eigenvalue weighted by Gasteiger charge is 2.33. The zero-order valence-corrected chi connectivity index (χ0v) is 22.2. The van der Waals surface area contributed by atoms with Crippen molar-refractivity contribution in [1.29, 1.82) is 0 Å². The van der Waals surface area contributed by atoms with Gasteiger partial charge in [-0.1, -0.05) is 23.7 Å². The molecule has 2 fully saturated rings. The first kappa shape index (κ1) is 26.0. The number of nitrogens with zero attached hydrogens (tertiary/aromatic N) is 2. The molecule has 0 saturated carbocycles. The maximum absolute atomic E-state index is 6.28. The predicted octanol–water partition coefficient (Wildman–Crippen LogP) is 4.42. The molecule has 0 aromatic heterocycles. The molecule has 0 radical (unpaired) electrons. The second-order valence-corrected chi connectivity index (χ2v) is 9.90. The van der Waals surface area contributed by atoms with Gasteiger partial charge in [0.2, 0.25) is 0 Å². The van der Waals surface area contributed by atoms with E-state index in [4.69, 9.17) is 16.3 Å². The third kappa shape index (κ3) is 6.89. The Hall–Kier alpha value is -0.220. The van der Waals surface area contributed by atoms with Crippen LogP contribution in [0.5, 0.6) is 0 Å². The fourth-order valence-corrected chi connectivity index (χ4v) is 5.57. The molecule has 3 rings (SSSR count). The highest BCUT2D eigenvalue weighted by Crippen LogP contribution is 2.36. The van der Waals surface area contributed by atoms with Crippen LogP contribution in [0.25, 0.3) is 0 Å². The van der Waals surface area contributed by atoms with Gasteiger partial charge in [0.05, 0.1) is 0 Å². The molecule has 1 aromatic carbocycles. The van der Waals surface area contributed by atoms with Crippen LogP contribution in [0.2, 0.25) is 5.02 Å². The maximum Gasteiger partial charge on any atom is 0.191 e. The molecule has 0 bridgehead atoms. The highest BCUT2D eigenvalue weighted by molar-refractivity contribution is 14.0. The number of piperidine rings is 1. The van der Waals surface area contributed by atoms with Crippen LogP contribution in [-0.4, -0.2) is 68.8 Å². The number of rotatable bonds is 6. The quantitative estimate of drug-likeness (QED) is 0.303. The van der Waals surface area contributed by atoms with E-state index in [9.17, 15) is 0 Å². The summed E-state index contributed by atoms with van der Waals surface area (Å²) < 4.78 is 5.80. The number of guanidine groups is 1. The summed E-state index contributed by atoms with van der Waals surface area (Å²) in [5.74, 6) is 1.41. The van der Waals surface area contributed by atoms with Crippen molar-refractivity contribution < 1.29 is 4.74 Å². The van der Waals surface area contributed by atoms with Gasteiger partial charge in [-0.25, -0.2) is 0 Å². The standard InChI is InChI=1S/C22H35ClN4OS.HI/c1-24-21(26-16-22(29-3)9-12-28-13-10-22)25-15-18-7-5-11-27(2)20(18)17-6-4-8-19(23)14-17;/h4,6,8,14,18,20H,5,7,9-13,15-16H2,1-3H3,(H2,24,25,26);1H. The van der Waals surface area contributed by atoms with Crippen LogP contribution < -0.4 is 10.6 Å². The van der Waals surface area contributed by atoms with E-state index in [-0.39, 0.29) is 28.7 Å². The monoisotopic (exact) mass is 566 g/mol. The van der Waals surface area contributed by atoms with Crippen molar-refractivity contribution in [1.82, 2.24) is 15.5 Å². The van der Waals surface area contributed by atoms with Crippen LogP contribution in [0, 0.1) is 5.92 Å². The normalized spacial score (nSPS) is 24.7. The third-order valence-corrected chi connectivity index (χ3v) is 8.02. The Morgan fingerprint density at radius 1 is 1.33 bits per heavy atom. The van der Waals surface area contributed by atoms with E-state index in [2.05, 4.69) is 52.0 Å². The van der Waals surface area contributed by atoms with E-state index in [1.807, 2.05) is 24.9 Å². The lowest BCUT2D eigenvalue weighted by Crippen LogP contribution is -2.49. The Labute approximate surface area is 208 Å². The fourth-order valence-electron chi connectivity index (χ4n) is 4.58. The van der Waals surface area contributed by atoms with Gasteiger partial charge < -0.3 is 15.4 Å². The Bertz CT molecular complexity index is 687. The fraction of sp³-hybridized carbons (Fsp3) is 0.682. The molecule has 0 spiro atoms. The molecule has 2 unspecified atom stereocenters. The lowest BCUT2D eigenvalue weighted by Gasteiger charge is -2.40. The van der Waals surface area contributed by atoms with Gasteiger partial charge in [-0.2, -0.15) is 11.8 Å². The van der Waals surface area contributed by atoms with Crippen LogP contribution in [0.4, 0.5) is 0 Å². The molecule has 2 heterocycles. The van der Waals surface area contributed by atoms with E-state index < -0.39 is 0 Å². The van der Waals surface area contributed by atoms with Crippen molar-refractivity contribution in [3.63, 3.8) is 0 Å². The van der Waals surface area contributed by atoms with Crippen molar-refractivity contribution in [3.8, 4) is 0 Å². The summed E-state index contributed by atoms with van der Waals surface area (Å²) in [5.41, 5.74) is 1.30. The number of aliphatic imine (C=N–C) groups is 1. The second kappa shape index (κ2) is 12.7. The van der Waals surface area contributed by atoms with Gasteiger partial charge in [0, 0.05) is 49.2 Å². The minimum Gasteiger partial charge on any atom is -0.381 e. The Morgan fingerprint density at radius 3 is 2.77 bits per heavy atom. The summed E-state index contributed by atoms with van der Waals surface area (Å²) >= 11 is 8.22. The molecule has 2 saturated heterocycles. The molecule has 2 N–H and O–H groups in total. The second-order valence-electron chi connectivity index (χ2n) is 8.19. The molecular weight excluding hydrogens is 531 g/mol. The lowest BCUT2D eigenvalue weighted by atomic mass is 9.85. The summed E-state index contributed by atoms with van der Waals surface area (Å²) in [4.78, 5) is 6.93. The van der Waals surface area contributed by atoms with E-state index in [0.29, 0.717) is 12.0 Å². The van der Waals surface area contributed by atoms with Crippen LogP contribution in [0.1, 0.15) is 37.3 Å². The van der Waals surface area contributed by atoms with E-state index in [1.54, 1.807) is 0 Å². The zero-order valence-electron chi connectivity index (χ0n) is 18.3. The average Bonchev–Trinajstić information content (AvgIpc) is 2.74. The molecule has 170 valence electrons. The molecule has 2 aliphatic rings. The number of nitrogens with one attached hydrogen (secondary N) is 2. The number of likely N-dealkylation sites (tertiary alicyclic amines) is 1. The Balaban J connectivity index is 0.00000320. The van der Waals surface area contributed by atoms with E-state index in [1.165, 1.54) is 18.4 Å². The van der Waals surface area contributed by atoms with Gasteiger partial charge in [-0.15, -0.1) is 24.0 Å². The molecular formula is C22H36ClIN4OS. The Morgan fingerprint density at radius 2 is 2.10 bits per heavy atom. The maximum atomic E-state index is 6.28. The van der Waals surface area contributed by atoms with Gasteiger partial charge in [-0.3, -0.25) is 9.89 Å². The van der Waals surface area contributed by atoms with Gasteiger partial charge in [0.1, 0.15) is 0 Å². The zero-order chi connectivity index (χ0) is 20.7. The number of halogens is 2. The topological polar surface area (TPSA) is 48.9 Å². The molecule has 1 aromatic rings. The predicted molar refractivity (Wildman–Crippen MR) is 141 cm³/mol. The first-order chi connectivity index (χ1) is 14.1. The summed E-state index contributed by atoms with van der Waals surface area (Å²) in [6, 6.07) is 8.69. The highest BCUT2D eigenvalue weighted by atomic mass is 127. The van der Waals surface area contributed by atoms with E-state index >= 15 is 0 Å².